The molecule has 1 saturated heterocycles. The maximum atomic E-state index is 13.0. The van der Waals surface area contributed by atoms with Crippen LogP contribution in [0.5, 0.6) is 0 Å². The molecule has 1 aliphatic rings. The molecule has 1 fully saturated rings. The lowest BCUT2D eigenvalue weighted by Gasteiger charge is -2.25. The van der Waals surface area contributed by atoms with Crippen LogP contribution in [0.4, 0.5) is 13.2 Å². The van der Waals surface area contributed by atoms with Crippen LogP contribution in [-0.2, 0) is 20.5 Å². The van der Waals surface area contributed by atoms with E-state index in [1.54, 1.807) is 19.1 Å². The number of carbonyl (C=O) groups excluding carboxylic acids is 2. The number of alkyl halides is 3. The summed E-state index contributed by atoms with van der Waals surface area (Å²) in [6.07, 6.45) is -2.74. The fourth-order valence-electron chi connectivity index (χ4n) is 3.45. The monoisotopic (exact) mass is 434 g/mol. The van der Waals surface area contributed by atoms with Crippen molar-refractivity contribution < 1.29 is 32.6 Å². The van der Waals surface area contributed by atoms with Crippen LogP contribution >= 0.6 is 0 Å². The number of hydrogen-bond acceptors (Lipinski definition) is 5. The molecule has 0 bridgehead atoms. The topological polar surface area (TPSA) is 79.7 Å². The van der Waals surface area contributed by atoms with E-state index in [0.717, 1.165) is 12.1 Å². The van der Waals surface area contributed by atoms with Crippen molar-refractivity contribution in [1.29, 1.82) is 0 Å². The molecule has 0 aliphatic carbocycles. The fourth-order valence-corrected chi connectivity index (χ4v) is 3.45. The average molecular weight is 434 g/mol. The average Bonchev–Trinajstić information content (AvgIpc) is 2.98. The first-order valence-electron chi connectivity index (χ1n) is 9.52. The maximum Gasteiger partial charge on any atom is 0.416 e. The Kier molecular flexibility index (Phi) is 6.45. The molecule has 2 heterocycles. The van der Waals surface area contributed by atoms with Gasteiger partial charge in [-0.25, -0.2) is 0 Å². The maximum absolute atomic E-state index is 13.0. The number of rotatable bonds is 6. The number of aryl methyl sites for hydroxylation is 1. The highest BCUT2D eigenvalue weighted by Crippen LogP contribution is 2.40. The molecule has 0 spiro atoms. The van der Waals surface area contributed by atoms with Crippen molar-refractivity contribution in [2.45, 2.75) is 25.6 Å². The Bertz CT molecular complexity index is 999. The van der Waals surface area contributed by atoms with Gasteiger partial charge in [0.05, 0.1) is 17.2 Å². The number of aliphatic hydroxyl groups is 1. The van der Waals surface area contributed by atoms with Gasteiger partial charge in [0.2, 0.25) is 0 Å². The van der Waals surface area contributed by atoms with E-state index >= 15 is 0 Å². The second-order valence-electron chi connectivity index (χ2n) is 7.15. The number of likely N-dealkylation sites (tertiary alicyclic amines) is 1. The number of ketones is 1. The molecule has 1 aromatic heterocycles. The lowest BCUT2D eigenvalue weighted by Crippen LogP contribution is -2.31. The van der Waals surface area contributed by atoms with E-state index in [-0.39, 0.29) is 23.2 Å². The summed E-state index contributed by atoms with van der Waals surface area (Å²) in [6, 6.07) is 6.36. The van der Waals surface area contributed by atoms with Gasteiger partial charge in [-0.3, -0.25) is 14.6 Å². The number of Topliss-reactive ketones (excluding diaryl/α,β-unsaturated/α-hetero) is 1. The lowest BCUT2D eigenvalue weighted by atomic mass is 9.95. The molecular formula is C22H21F3N2O4. The van der Waals surface area contributed by atoms with Gasteiger partial charge in [0.25, 0.3) is 11.7 Å². The van der Waals surface area contributed by atoms with Crippen molar-refractivity contribution in [2.75, 3.05) is 20.3 Å². The number of nitrogens with zero attached hydrogens (tertiary/aromatic N) is 2. The molecule has 2 aromatic rings. The van der Waals surface area contributed by atoms with Gasteiger partial charge in [0, 0.05) is 37.7 Å². The van der Waals surface area contributed by atoms with Crippen LogP contribution in [0.3, 0.4) is 0 Å². The Labute approximate surface area is 177 Å². The normalized spacial score (nSPS) is 18.6. The third kappa shape index (κ3) is 4.61. The SMILES string of the molecule is COCCCN1C(=O)C(=O)C(=C(O)c2ccc(C)nc2)[C@@H]1c1ccc(C(F)(F)F)cc1. The number of halogens is 3. The fraction of sp³-hybridized carbons (Fsp3) is 0.318. The lowest BCUT2D eigenvalue weighted by molar-refractivity contribution is -0.140. The summed E-state index contributed by atoms with van der Waals surface area (Å²) in [6.45, 7) is 2.21. The smallest absolute Gasteiger partial charge is 0.416 e. The largest absolute Gasteiger partial charge is 0.507 e. The van der Waals surface area contributed by atoms with Gasteiger partial charge in [0.15, 0.2) is 0 Å². The van der Waals surface area contributed by atoms with E-state index in [9.17, 15) is 27.9 Å². The summed E-state index contributed by atoms with van der Waals surface area (Å²) in [7, 11) is 1.49. The Hall–Kier alpha value is -3.20. The van der Waals surface area contributed by atoms with Crippen molar-refractivity contribution in [3.63, 3.8) is 0 Å². The first-order valence-corrected chi connectivity index (χ1v) is 9.52. The third-order valence-electron chi connectivity index (χ3n) is 5.03. The number of amides is 1. The standard InChI is InChI=1S/C22H21F3N2O4/c1-13-4-5-15(12-26-13)19(28)17-18(14-6-8-16(9-7-14)22(23,24)25)27(10-3-11-31-2)21(30)20(17)29/h4-9,12,18,28H,3,10-11H2,1-2H3/t18-/m0/s1. The number of ether oxygens (including phenoxy) is 1. The zero-order chi connectivity index (χ0) is 22.8. The van der Waals surface area contributed by atoms with Crippen LogP contribution in [-0.4, -0.2) is 46.9 Å². The summed E-state index contributed by atoms with van der Waals surface area (Å²) in [5.41, 5.74) is 0.169. The van der Waals surface area contributed by atoms with E-state index in [1.807, 2.05) is 0 Å². The van der Waals surface area contributed by atoms with Crippen molar-refractivity contribution in [3.05, 3.63) is 70.6 Å². The van der Waals surface area contributed by atoms with E-state index in [0.29, 0.717) is 18.7 Å². The number of aliphatic hydroxyl groups excluding tert-OH is 1. The Morgan fingerprint density at radius 1 is 1.16 bits per heavy atom. The Morgan fingerprint density at radius 3 is 2.39 bits per heavy atom. The molecule has 1 amide bonds. The molecule has 0 unspecified atom stereocenters. The van der Waals surface area contributed by atoms with E-state index in [1.165, 1.54) is 30.3 Å². The number of benzene rings is 1. The van der Waals surface area contributed by atoms with Crippen LogP contribution in [0.25, 0.3) is 5.76 Å². The van der Waals surface area contributed by atoms with Crippen LogP contribution in [0.15, 0.2) is 48.2 Å². The van der Waals surface area contributed by atoms with Gasteiger partial charge in [-0.1, -0.05) is 12.1 Å². The third-order valence-corrected chi connectivity index (χ3v) is 5.03. The second kappa shape index (κ2) is 8.89. The molecule has 9 heteroatoms. The minimum atomic E-state index is -4.52. The number of pyridine rings is 1. The molecule has 0 radical (unpaired) electrons. The molecule has 1 atom stereocenters. The zero-order valence-corrected chi connectivity index (χ0v) is 16.9. The summed E-state index contributed by atoms with van der Waals surface area (Å²) in [5.74, 6) is -2.16. The van der Waals surface area contributed by atoms with Gasteiger partial charge >= 0.3 is 6.18 Å². The van der Waals surface area contributed by atoms with Gasteiger partial charge in [-0.2, -0.15) is 13.2 Å². The van der Waals surface area contributed by atoms with Crippen LogP contribution in [0.2, 0.25) is 0 Å². The molecule has 3 rings (SSSR count). The van der Waals surface area contributed by atoms with Gasteiger partial charge in [0.1, 0.15) is 5.76 Å². The van der Waals surface area contributed by atoms with Crippen LogP contribution in [0, 0.1) is 6.92 Å². The predicted octanol–water partition coefficient (Wildman–Crippen LogP) is 3.87. The molecule has 1 N–H and O–H groups in total. The quantitative estimate of drug-likeness (QED) is 0.323. The molecular weight excluding hydrogens is 413 g/mol. The van der Waals surface area contributed by atoms with Crippen LogP contribution < -0.4 is 0 Å². The highest BCUT2D eigenvalue weighted by molar-refractivity contribution is 6.46. The number of carbonyl (C=O) groups is 2. The molecule has 31 heavy (non-hydrogen) atoms. The first-order chi connectivity index (χ1) is 14.6. The summed E-state index contributed by atoms with van der Waals surface area (Å²) in [5, 5.41) is 10.8. The van der Waals surface area contributed by atoms with E-state index < -0.39 is 35.2 Å². The Balaban J connectivity index is 2.11. The minimum absolute atomic E-state index is 0.132. The predicted molar refractivity (Wildman–Crippen MR) is 106 cm³/mol. The molecule has 0 saturated carbocycles. The first kappa shape index (κ1) is 22.5. The minimum Gasteiger partial charge on any atom is -0.507 e. The highest BCUT2D eigenvalue weighted by Gasteiger charge is 2.46. The van der Waals surface area contributed by atoms with Gasteiger partial charge < -0.3 is 14.7 Å². The number of methoxy groups -OCH3 is 1. The molecule has 1 aliphatic heterocycles. The second-order valence-corrected chi connectivity index (χ2v) is 7.15. The van der Waals surface area contributed by atoms with Crippen molar-refractivity contribution in [2.24, 2.45) is 0 Å². The van der Waals surface area contributed by atoms with E-state index in [2.05, 4.69) is 4.98 Å². The Morgan fingerprint density at radius 2 is 1.84 bits per heavy atom. The van der Waals surface area contributed by atoms with Gasteiger partial charge in [-0.05, 0) is 43.2 Å². The van der Waals surface area contributed by atoms with Crippen molar-refractivity contribution >= 4 is 17.4 Å². The highest BCUT2D eigenvalue weighted by atomic mass is 19.4. The molecule has 164 valence electrons. The summed E-state index contributed by atoms with van der Waals surface area (Å²) < 4.78 is 43.9. The van der Waals surface area contributed by atoms with Crippen molar-refractivity contribution in [1.82, 2.24) is 9.88 Å². The number of hydrogen-bond donors (Lipinski definition) is 1. The molecule has 1 aromatic carbocycles. The number of aromatic nitrogens is 1. The van der Waals surface area contributed by atoms with Crippen molar-refractivity contribution in [3.8, 4) is 0 Å². The zero-order valence-electron chi connectivity index (χ0n) is 16.9. The summed E-state index contributed by atoms with van der Waals surface area (Å²) in [4.78, 5) is 30.8. The van der Waals surface area contributed by atoms with Crippen LogP contribution in [0.1, 0.15) is 34.8 Å². The van der Waals surface area contributed by atoms with Gasteiger partial charge in [-0.15, -0.1) is 0 Å². The van der Waals surface area contributed by atoms with E-state index in [4.69, 9.17) is 4.74 Å². The summed E-state index contributed by atoms with van der Waals surface area (Å²) >= 11 is 0. The molecule has 6 nitrogen and oxygen atoms in total.